The summed E-state index contributed by atoms with van der Waals surface area (Å²) in [6.07, 6.45) is 0.263. The van der Waals surface area contributed by atoms with Gasteiger partial charge in [-0.15, -0.1) is 0 Å². The first kappa shape index (κ1) is 19.6. The standard InChI is InChI=1S/C22H24ClN3O3/c1-29-20-7-5-18(6-8-20)26-15-16(13-21(26)27)22(28)25-11-9-24(10-12-25)19-4-2-3-17(23)14-19/h2-8,14,16H,9-13,15H2,1H3/t16-/m1/s1. The van der Waals surface area contributed by atoms with Crippen LogP contribution in [0, 0.1) is 5.92 Å². The molecule has 0 unspecified atom stereocenters. The molecule has 4 rings (SSSR count). The van der Waals surface area contributed by atoms with E-state index in [2.05, 4.69) is 4.90 Å². The molecule has 0 radical (unpaired) electrons. The number of ether oxygens (including phenoxy) is 1. The van der Waals surface area contributed by atoms with Crippen molar-refractivity contribution in [3.8, 4) is 5.75 Å². The second-order valence-corrected chi connectivity index (χ2v) is 7.83. The fraction of sp³-hybridized carbons (Fsp3) is 0.364. The largest absolute Gasteiger partial charge is 0.497 e. The van der Waals surface area contributed by atoms with E-state index in [1.807, 2.05) is 53.4 Å². The minimum Gasteiger partial charge on any atom is -0.497 e. The van der Waals surface area contributed by atoms with Gasteiger partial charge in [-0.3, -0.25) is 9.59 Å². The zero-order valence-electron chi connectivity index (χ0n) is 16.4. The summed E-state index contributed by atoms with van der Waals surface area (Å²) in [6.45, 7) is 3.25. The number of hydrogen-bond acceptors (Lipinski definition) is 4. The summed E-state index contributed by atoms with van der Waals surface area (Å²) in [7, 11) is 1.61. The van der Waals surface area contributed by atoms with Gasteiger partial charge in [0.2, 0.25) is 11.8 Å². The number of anilines is 2. The van der Waals surface area contributed by atoms with Gasteiger partial charge in [0.05, 0.1) is 13.0 Å². The Morgan fingerprint density at radius 3 is 2.41 bits per heavy atom. The second-order valence-electron chi connectivity index (χ2n) is 7.40. The highest BCUT2D eigenvalue weighted by Gasteiger charge is 2.38. The Morgan fingerprint density at radius 2 is 1.76 bits per heavy atom. The molecule has 0 N–H and O–H groups in total. The SMILES string of the molecule is COc1ccc(N2C[C@H](C(=O)N3CCN(c4cccc(Cl)c4)CC3)CC2=O)cc1. The van der Waals surface area contributed by atoms with E-state index in [4.69, 9.17) is 16.3 Å². The van der Waals surface area contributed by atoms with Crippen molar-refractivity contribution >= 4 is 34.8 Å². The number of nitrogens with zero attached hydrogens (tertiary/aromatic N) is 3. The van der Waals surface area contributed by atoms with Crippen molar-refractivity contribution in [3.05, 3.63) is 53.6 Å². The second kappa shape index (κ2) is 8.33. The number of hydrogen-bond donors (Lipinski definition) is 0. The number of carbonyl (C=O) groups excluding carboxylic acids is 2. The monoisotopic (exact) mass is 413 g/mol. The minimum absolute atomic E-state index is 0.00826. The molecule has 1 atom stereocenters. The van der Waals surface area contributed by atoms with E-state index in [1.54, 1.807) is 12.0 Å². The molecule has 152 valence electrons. The third kappa shape index (κ3) is 4.17. The molecule has 6 nitrogen and oxygen atoms in total. The lowest BCUT2D eigenvalue weighted by molar-refractivity contribution is -0.136. The maximum Gasteiger partial charge on any atom is 0.228 e. The molecule has 29 heavy (non-hydrogen) atoms. The van der Waals surface area contributed by atoms with Crippen LogP contribution in [-0.4, -0.2) is 56.5 Å². The van der Waals surface area contributed by atoms with Crippen molar-refractivity contribution in [1.29, 1.82) is 0 Å². The third-order valence-electron chi connectivity index (χ3n) is 5.62. The number of benzene rings is 2. The van der Waals surface area contributed by atoms with Gasteiger partial charge in [-0.1, -0.05) is 17.7 Å². The molecule has 2 amide bonds. The van der Waals surface area contributed by atoms with Crippen molar-refractivity contribution in [3.63, 3.8) is 0 Å². The van der Waals surface area contributed by atoms with Crippen LogP contribution in [-0.2, 0) is 9.59 Å². The summed E-state index contributed by atoms with van der Waals surface area (Å²) < 4.78 is 5.17. The Balaban J connectivity index is 1.36. The lowest BCUT2D eigenvalue weighted by Crippen LogP contribution is -2.50. The summed E-state index contributed by atoms with van der Waals surface area (Å²) in [4.78, 5) is 31.3. The van der Waals surface area contributed by atoms with Gasteiger partial charge in [-0.05, 0) is 42.5 Å². The Hall–Kier alpha value is -2.73. The highest BCUT2D eigenvalue weighted by atomic mass is 35.5. The topological polar surface area (TPSA) is 53.1 Å². The zero-order valence-corrected chi connectivity index (χ0v) is 17.1. The molecule has 2 aromatic carbocycles. The third-order valence-corrected chi connectivity index (χ3v) is 5.86. The smallest absolute Gasteiger partial charge is 0.228 e. The number of rotatable bonds is 4. The van der Waals surface area contributed by atoms with Gasteiger partial charge in [0, 0.05) is 55.5 Å². The molecule has 0 spiro atoms. The summed E-state index contributed by atoms with van der Waals surface area (Å²) in [5, 5.41) is 0.712. The molecule has 2 aromatic rings. The average molecular weight is 414 g/mol. The van der Waals surface area contributed by atoms with Gasteiger partial charge in [-0.25, -0.2) is 0 Å². The minimum atomic E-state index is -0.290. The molecule has 2 heterocycles. The predicted octanol–water partition coefficient (Wildman–Crippen LogP) is 3.05. The first-order valence-corrected chi connectivity index (χ1v) is 10.2. The van der Waals surface area contributed by atoms with Crippen molar-refractivity contribution < 1.29 is 14.3 Å². The van der Waals surface area contributed by atoms with Crippen LogP contribution in [0.4, 0.5) is 11.4 Å². The molecule has 2 saturated heterocycles. The first-order valence-electron chi connectivity index (χ1n) is 9.79. The molecule has 0 aliphatic carbocycles. The van der Waals surface area contributed by atoms with Gasteiger partial charge in [0.1, 0.15) is 5.75 Å². The number of halogens is 1. The van der Waals surface area contributed by atoms with Crippen LogP contribution in [0.2, 0.25) is 5.02 Å². The average Bonchev–Trinajstić information content (AvgIpc) is 3.15. The van der Waals surface area contributed by atoms with E-state index in [0.29, 0.717) is 24.7 Å². The maximum atomic E-state index is 13.0. The van der Waals surface area contributed by atoms with Gasteiger partial charge in [-0.2, -0.15) is 0 Å². The Kier molecular flexibility index (Phi) is 5.62. The van der Waals surface area contributed by atoms with Crippen LogP contribution in [0.5, 0.6) is 5.75 Å². The maximum absolute atomic E-state index is 13.0. The molecule has 2 aliphatic rings. The fourth-order valence-electron chi connectivity index (χ4n) is 4.00. The highest BCUT2D eigenvalue weighted by molar-refractivity contribution is 6.30. The first-order chi connectivity index (χ1) is 14.0. The normalized spacial score (nSPS) is 19.6. The number of methoxy groups -OCH3 is 1. The zero-order chi connectivity index (χ0) is 20.4. The van der Waals surface area contributed by atoms with Crippen LogP contribution in [0.3, 0.4) is 0 Å². The summed E-state index contributed by atoms with van der Waals surface area (Å²) in [6, 6.07) is 15.1. The summed E-state index contributed by atoms with van der Waals surface area (Å²) in [5.41, 5.74) is 1.88. The van der Waals surface area contributed by atoms with Crippen molar-refractivity contribution in [2.75, 3.05) is 49.6 Å². The fourth-order valence-corrected chi connectivity index (χ4v) is 4.19. The van der Waals surface area contributed by atoms with Crippen LogP contribution in [0.25, 0.3) is 0 Å². The van der Waals surface area contributed by atoms with Gasteiger partial charge in [0.25, 0.3) is 0 Å². The van der Waals surface area contributed by atoms with Gasteiger partial charge < -0.3 is 19.4 Å². The van der Waals surface area contributed by atoms with E-state index in [-0.39, 0.29) is 24.2 Å². The molecule has 0 saturated carbocycles. The van der Waals surface area contributed by atoms with Crippen LogP contribution >= 0.6 is 11.6 Å². The predicted molar refractivity (Wildman–Crippen MR) is 114 cm³/mol. The highest BCUT2D eigenvalue weighted by Crippen LogP contribution is 2.28. The number of amides is 2. The molecule has 7 heteroatoms. The van der Waals surface area contributed by atoms with E-state index >= 15 is 0 Å². The summed E-state index contributed by atoms with van der Waals surface area (Å²) >= 11 is 6.09. The van der Waals surface area contributed by atoms with E-state index < -0.39 is 0 Å². The summed E-state index contributed by atoms with van der Waals surface area (Å²) in [5.74, 6) is 0.513. The van der Waals surface area contributed by atoms with E-state index in [9.17, 15) is 9.59 Å². The van der Waals surface area contributed by atoms with E-state index in [0.717, 1.165) is 30.2 Å². The Labute approximate surface area is 175 Å². The number of carbonyl (C=O) groups is 2. The molecule has 0 bridgehead atoms. The lowest BCUT2D eigenvalue weighted by atomic mass is 10.1. The van der Waals surface area contributed by atoms with Gasteiger partial charge in [0.15, 0.2) is 0 Å². The molecule has 2 fully saturated rings. The van der Waals surface area contributed by atoms with Crippen molar-refractivity contribution in [2.45, 2.75) is 6.42 Å². The van der Waals surface area contributed by atoms with Gasteiger partial charge >= 0.3 is 0 Å². The Bertz CT molecular complexity index is 894. The molecule has 0 aromatic heterocycles. The van der Waals surface area contributed by atoms with Crippen LogP contribution in [0.15, 0.2) is 48.5 Å². The van der Waals surface area contributed by atoms with E-state index in [1.165, 1.54) is 0 Å². The Morgan fingerprint density at radius 1 is 1.03 bits per heavy atom. The molecular formula is C22H24ClN3O3. The quantitative estimate of drug-likeness (QED) is 0.773. The van der Waals surface area contributed by atoms with Crippen molar-refractivity contribution in [1.82, 2.24) is 4.90 Å². The molecule has 2 aliphatic heterocycles. The van der Waals surface area contributed by atoms with Crippen LogP contribution < -0.4 is 14.5 Å². The molecular weight excluding hydrogens is 390 g/mol. The van der Waals surface area contributed by atoms with Crippen molar-refractivity contribution in [2.24, 2.45) is 5.92 Å². The van der Waals surface area contributed by atoms with Crippen LogP contribution in [0.1, 0.15) is 6.42 Å². The number of piperazine rings is 1. The lowest BCUT2D eigenvalue weighted by Gasteiger charge is -2.37.